The van der Waals surface area contributed by atoms with Crippen LogP contribution >= 0.6 is 0 Å². The molecule has 1 rings (SSSR count). The smallest absolute Gasteiger partial charge is 0.389 e. The quantitative estimate of drug-likeness (QED) is 0.814. The van der Waals surface area contributed by atoms with Gasteiger partial charge in [0.05, 0.1) is 6.10 Å². The van der Waals surface area contributed by atoms with E-state index >= 15 is 0 Å². The largest absolute Gasteiger partial charge is 0.393 e. The summed E-state index contributed by atoms with van der Waals surface area (Å²) in [7, 11) is 0. The van der Waals surface area contributed by atoms with Crippen LogP contribution in [-0.4, -0.2) is 41.9 Å². The SMILES string of the molecule is CC(O)C1CCN(CCCC(F)(F)F)CC1. The Morgan fingerprint density at radius 1 is 1.31 bits per heavy atom. The van der Waals surface area contributed by atoms with Crippen LogP contribution in [0.25, 0.3) is 0 Å². The van der Waals surface area contributed by atoms with Gasteiger partial charge in [-0.05, 0) is 51.7 Å². The molecule has 0 aromatic rings. The van der Waals surface area contributed by atoms with Crippen molar-refractivity contribution in [1.29, 1.82) is 0 Å². The Morgan fingerprint density at radius 3 is 2.31 bits per heavy atom. The molecular formula is C11H20F3NO. The first-order chi connectivity index (χ1) is 7.38. The minimum Gasteiger partial charge on any atom is -0.393 e. The average Bonchev–Trinajstić information content (AvgIpc) is 2.16. The summed E-state index contributed by atoms with van der Waals surface area (Å²) < 4.78 is 35.8. The molecule has 0 saturated carbocycles. The number of piperidine rings is 1. The van der Waals surface area contributed by atoms with Crippen molar-refractivity contribution in [2.45, 2.75) is 44.9 Å². The van der Waals surface area contributed by atoms with Crippen molar-refractivity contribution >= 4 is 0 Å². The van der Waals surface area contributed by atoms with Crippen LogP contribution in [-0.2, 0) is 0 Å². The molecule has 1 heterocycles. The van der Waals surface area contributed by atoms with Gasteiger partial charge in [-0.3, -0.25) is 0 Å². The number of nitrogens with zero attached hydrogens (tertiary/aromatic N) is 1. The normalized spacial score (nSPS) is 22.3. The van der Waals surface area contributed by atoms with E-state index in [1.807, 2.05) is 0 Å². The van der Waals surface area contributed by atoms with Gasteiger partial charge in [0.15, 0.2) is 0 Å². The summed E-state index contributed by atoms with van der Waals surface area (Å²) in [6.45, 7) is 3.93. The van der Waals surface area contributed by atoms with Crippen LogP contribution in [0, 0.1) is 5.92 Å². The fourth-order valence-electron chi connectivity index (χ4n) is 2.16. The van der Waals surface area contributed by atoms with Gasteiger partial charge < -0.3 is 10.0 Å². The maximum Gasteiger partial charge on any atom is 0.389 e. The zero-order valence-corrected chi connectivity index (χ0v) is 9.63. The Morgan fingerprint density at radius 2 is 1.88 bits per heavy atom. The van der Waals surface area contributed by atoms with Crippen LogP contribution in [0.3, 0.4) is 0 Å². The maximum atomic E-state index is 11.9. The zero-order valence-electron chi connectivity index (χ0n) is 9.63. The molecule has 2 nitrogen and oxygen atoms in total. The number of alkyl halides is 3. The number of aliphatic hydroxyl groups is 1. The van der Waals surface area contributed by atoms with Crippen LogP contribution in [0.2, 0.25) is 0 Å². The first-order valence-electron chi connectivity index (χ1n) is 5.85. The van der Waals surface area contributed by atoms with Crippen molar-refractivity contribution in [3.05, 3.63) is 0 Å². The summed E-state index contributed by atoms with van der Waals surface area (Å²) in [6, 6.07) is 0. The molecule has 0 bridgehead atoms. The predicted octanol–water partition coefficient (Wildman–Crippen LogP) is 2.42. The van der Waals surface area contributed by atoms with E-state index in [2.05, 4.69) is 4.90 Å². The first kappa shape index (κ1) is 13.8. The van der Waals surface area contributed by atoms with E-state index in [0.29, 0.717) is 12.5 Å². The number of hydrogen-bond donors (Lipinski definition) is 1. The fraction of sp³-hybridized carbons (Fsp3) is 1.00. The summed E-state index contributed by atoms with van der Waals surface area (Å²) in [6.07, 6.45) is -3.05. The van der Waals surface area contributed by atoms with Crippen molar-refractivity contribution in [3.8, 4) is 0 Å². The second kappa shape index (κ2) is 5.87. The first-order valence-corrected chi connectivity index (χ1v) is 5.85. The molecule has 0 aromatic carbocycles. The summed E-state index contributed by atoms with van der Waals surface area (Å²) in [4.78, 5) is 2.06. The van der Waals surface area contributed by atoms with E-state index < -0.39 is 12.6 Å². The van der Waals surface area contributed by atoms with Crippen molar-refractivity contribution in [2.24, 2.45) is 5.92 Å². The van der Waals surface area contributed by atoms with Crippen molar-refractivity contribution in [1.82, 2.24) is 4.90 Å². The van der Waals surface area contributed by atoms with Gasteiger partial charge in [-0.1, -0.05) is 0 Å². The molecule has 0 aliphatic carbocycles. The Hall–Kier alpha value is -0.290. The second-order valence-electron chi connectivity index (χ2n) is 4.64. The van der Waals surface area contributed by atoms with E-state index in [-0.39, 0.29) is 12.5 Å². The monoisotopic (exact) mass is 239 g/mol. The van der Waals surface area contributed by atoms with Gasteiger partial charge in [-0.2, -0.15) is 13.2 Å². The third-order valence-electron chi connectivity index (χ3n) is 3.25. The number of aliphatic hydroxyl groups excluding tert-OH is 1. The molecule has 1 aliphatic rings. The fourth-order valence-corrected chi connectivity index (χ4v) is 2.16. The van der Waals surface area contributed by atoms with Gasteiger partial charge in [-0.15, -0.1) is 0 Å². The van der Waals surface area contributed by atoms with E-state index in [4.69, 9.17) is 0 Å². The highest BCUT2D eigenvalue weighted by atomic mass is 19.4. The number of halogens is 3. The van der Waals surface area contributed by atoms with E-state index in [1.165, 1.54) is 0 Å². The van der Waals surface area contributed by atoms with Gasteiger partial charge in [0.2, 0.25) is 0 Å². The van der Waals surface area contributed by atoms with Gasteiger partial charge >= 0.3 is 6.18 Å². The predicted molar refractivity (Wildman–Crippen MR) is 56.1 cm³/mol. The summed E-state index contributed by atoms with van der Waals surface area (Å²) in [5, 5.41) is 9.38. The van der Waals surface area contributed by atoms with Gasteiger partial charge in [0.25, 0.3) is 0 Å². The molecule has 1 aliphatic heterocycles. The highest BCUT2D eigenvalue weighted by molar-refractivity contribution is 4.75. The molecule has 1 saturated heterocycles. The molecule has 1 unspecified atom stereocenters. The van der Waals surface area contributed by atoms with E-state index in [1.54, 1.807) is 6.92 Å². The van der Waals surface area contributed by atoms with Gasteiger partial charge in [0.1, 0.15) is 0 Å². The highest BCUT2D eigenvalue weighted by Gasteiger charge is 2.27. The number of likely N-dealkylation sites (tertiary alicyclic amines) is 1. The zero-order chi connectivity index (χ0) is 12.2. The lowest BCUT2D eigenvalue weighted by atomic mass is 9.92. The Bertz CT molecular complexity index is 198. The lowest BCUT2D eigenvalue weighted by molar-refractivity contribution is -0.136. The molecule has 0 amide bonds. The van der Waals surface area contributed by atoms with Crippen LogP contribution in [0.15, 0.2) is 0 Å². The minimum absolute atomic E-state index is 0.183. The molecule has 1 atom stereocenters. The Kier molecular flexibility index (Phi) is 5.05. The summed E-state index contributed by atoms with van der Waals surface area (Å²) >= 11 is 0. The van der Waals surface area contributed by atoms with E-state index in [9.17, 15) is 18.3 Å². The lowest BCUT2D eigenvalue weighted by Gasteiger charge is -2.33. The standard InChI is InChI=1S/C11H20F3NO/c1-9(16)10-3-7-15(8-4-10)6-2-5-11(12,13)14/h9-10,16H,2-8H2,1H3. The van der Waals surface area contributed by atoms with E-state index in [0.717, 1.165) is 25.9 Å². The average molecular weight is 239 g/mol. The van der Waals surface area contributed by atoms with Gasteiger partial charge in [0, 0.05) is 6.42 Å². The van der Waals surface area contributed by atoms with Crippen LogP contribution < -0.4 is 0 Å². The maximum absolute atomic E-state index is 11.9. The molecule has 0 aromatic heterocycles. The second-order valence-corrected chi connectivity index (χ2v) is 4.64. The summed E-state index contributed by atoms with van der Waals surface area (Å²) in [5.74, 6) is 0.318. The molecule has 5 heteroatoms. The molecule has 16 heavy (non-hydrogen) atoms. The number of rotatable bonds is 4. The third-order valence-corrected chi connectivity index (χ3v) is 3.25. The molecule has 0 radical (unpaired) electrons. The number of hydrogen-bond acceptors (Lipinski definition) is 2. The van der Waals surface area contributed by atoms with Crippen molar-refractivity contribution in [3.63, 3.8) is 0 Å². The lowest BCUT2D eigenvalue weighted by Crippen LogP contribution is -2.37. The van der Waals surface area contributed by atoms with Gasteiger partial charge in [-0.25, -0.2) is 0 Å². The minimum atomic E-state index is -4.03. The Labute approximate surface area is 94.4 Å². The van der Waals surface area contributed by atoms with Crippen molar-refractivity contribution < 1.29 is 18.3 Å². The van der Waals surface area contributed by atoms with Crippen LogP contribution in [0.1, 0.15) is 32.6 Å². The van der Waals surface area contributed by atoms with Crippen LogP contribution in [0.4, 0.5) is 13.2 Å². The Balaban J connectivity index is 2.13. The topological polar surface area (TPSA) is 23.5 Å². The molecule has 0 spiro atoms. The third kappa shape index (κ3) is 5.16. The summed E-state index contributed by atoms with van der Waals surface area (Å²) in [5.41, 5.74) is 0. The molecule has 1 N–H and O–H groups in total. The molecule has 96 valence electrons. The highest BCUT2D eigenvalue weighted by Crippen LogP contribution is 2.23. The molecule has 1 fully saturated rings. The van der Waals surface area contributed by atoms with Crippen LogP contribution in [0.5, 0.6) is 0 Å². The van der Waals surface area contributed by atoms with Crippen molar-refractivity contribution in [2.75, 3.05) is 19.6 Å². The molecular weight excluding hydrogens is 219 g/mol.